The topological polar surface area (TPSA) is 159 Å². The second-order valence-electron chi connectivity index (χ2n) is 6.44. The Labute approximate surface area is 145 Å². The van der Waals surface area contributed by atoms with Crippen LogP contribution in [0.1, 0.15) is 29.6 Å². The van der Waals surface area contributed by atoms with E-state index >= 15 is 0 Å². The Morgan fingerprint density at radius 1 is 0.960 bits per heavy atom. The van der Waals surface area contributed by atoms with Crippen molar-refractivity contribution in [2.24, 2.45) is 10.8 Å². The number of aliphatic hydroxyl groups is 5. The normalized spacial score (nSPS) is 18.9. The van der Waals surface area contributed by atoms with Gasteiger partial charge in [-0.25, -0.2) is 4.79 Å². The first kappa shape index (κ1) is 21.3. The Morgan fingerprint density at radius 2 is 1.40 bits per heavy atom. The lowest BCUT2D eigenvalue weighted by atomic mass is 9.60. The number of carbonyl (C=O) groups is 1. The molecule has 0 heterocycles. The number of aliphatic hydroxyl groups excluding tert-OH is 5. The molecule has 0 spiro atoms. The second kappa shape index (κ2) is 9.12. The average Bonchev–Trinajstić information content (AvgIpc) is 2.63. The molecule has 0 unspecified atom stereocenters. The molecule has 0 atom stereocenters. The lowest BCUT2D eigenvalue weighted by molar-refractivity contribution is -0.173. The molecule has 0 radical (unpaired) electrons. The first-order valence-electron chi connectivity index (χ1n) is 7.95. The summed E-state index contributed by atoms with van der Waals surface area (Å²) in [6.45, 7) is -1.36. The van der Waals surface area contributed by atoms with Crippen molar-refractivity contribution in [3.8, 4) is 5.75 Å². The quantitative estimate of drug-likeness (QED) is 0.373. The molecule has 0 amide bonds. The number of hydrogen-bond acceptors (Lipinski definition) is 7. The van der Waals surface area contributed by atoms with Crippen LogP contribution >= 0.6 is 0 Å². The number of benzene rings is 1. The molecule has 7 N–H and O–H groups in total. The van der Waals surface area contributed by atoms with Crippen molar-refractivity contribution in [2.75, 3.05) is 26.4 Å². The summed E-state index contributed by atoms with van der Waals surface area (Å²) in [5, 5.41) is 64.4. The zero-order chi connectivity index (χ0) is 19.1. The lowest BCUT2D eigenvalue weighted by Crippen LogP contribution is -2.57. The van der Waals surface area contributed by atoms with Gasteiger partial charge < -0.3 is 35.7 Å². The van der Waals surface area contributed by atoms with Gasteiger partial charge in [0.25, 0.3) is 0 Å². The van der Waals surface area contributed by atoms with E-state index < -0.39 is 22.9 Å². The van der Waals surface area contributed by atoms with E-state index in [9.17, 15) is 30.3 Å². The standard InChI is InChI=1S/C10H20O5.C7H6O3/c11-4-9(5-12)2-1-3-10(6-13,7-14)8(9)15;8-6-4-2-1-3-5(6)7(9)10/h8,11-15H,1-7H2;1-4,8H,(H,9,10). The Hall–Kier alpha value is -1.71. The van der Waals surface area contributed by atoms with Crippen molar-refractivity contribution < 1.29 is 40.5 Å². The molecule has 142 valence electrons. The van der Waals surface area contributed by atoms with Gasteiger partial charge in [0.2, 0.25) is 0 Å². The predicted octanol–water partition coefficient (Wildman–Crippen LogP) is -0.436. The minimum atomic E-state index is -1.11. The summed E-state index contributed by atoms with van der Waals surface area (Å²) in [6, 6.07) is 5.81. The average molecular weight is 358 g/mol. The molecule has 1 aliphatic rings. The third-order valence-electron chi connectivity index (χ3n) is 4.90. The molecule has 0 aromatic heterocycles. The first-order valence-corrected chi connectivity index (χ1v) is 7.95. The highest BCUT2D eigenvalue weighted by atomic mass is 16.4. The van der Waals surface area contributed by atoms with Crippen LogP contribution < -0.4 is 0 Å². The molecule has 8 heteroatoms. The molecular formula is C17H26O8. The highest BCUT2D eigenvalue weighted by Crippen LogP contribution is 2.46. The second-order valence-corrected chi connectivity index (χ2v) is 6.44. The van der Waals surface area contributed by atoms with Crippen LogP contribution in [0.5, 0.6) is 5.75 Å². The van der Waals surface area contributed by atoms with E-state index in [1.165, 1.54) is 12.1 Å². The molecule has 8 nitrogen and oxygen atoms in total. The predicted molar refractivity (Wildman–Crippen MR) is 88.1 cm³/mol. The van der Waals surface area contributed by atoms with E-state index in [1.54, 1.807) is 12.1 Å². The van der Waals surface area contributed by atoms with Crippen LogP contribution in [-0.2, 0) is 0 Å². The molecule has 1 aromatic rings. The fraction of sp³-hybridized carbons (Fsp3) is 0.588. The Balaban J connectivity index is 0.000000271. The lowest BCUT2D eigenvalue weighted by Gasteiger charge is -2.49. The monoisotopic (exact) mass is 358 g/mol. The van der Waals surface area contributed by atoms with Crippen LogP contribution in [0.25, 0.3) is 0 Å². The van der Waals surface area contributed by atoms with Gasteiger partial charge in [-0.05, 0) is 25.0 Å². The van der Waals surface area contributed by atoms with Crippen molar-refractivity contribution in [1.29, 1.82) is 0 Å². The van der Waals surface area contributed by atoms with Gasteiger partial charge in [-0.1, -0.05) is 18.6 Å². The Kier molecular flexibility index (Phi) is 7.78. The molecule has 1 saturated carbocycles. The van der Waals surface area contributed by atoms with Gasteiger partial charge in [-0.2, -0.15) is 0 Å². The largest absolute Gasteiger partial charge is 0.507 e. The minimum absolute atomic E-state index is 0.0671. The molecule has 2 rings (SSSR count). The highest BCUT2D eigenvalue weighted by molar-refractivity contribution is 5.90. The molecule has 1 fully saturated rings. The molecule has 25 heavy (non-hydrogen) atoms. The molecular weight excluding hydrogens is 332 g/mol. The van der Waals surface area contributed by atoms with Crippen LogP contribution in [0.4, 0.5) is 0 Å². The summed E-state index contributed by atoms with van der Waals surface area (Å²) in [7, 11) is 0. The van der Waals surface area contributed by atoms with E-state index in [4.69, 9.17) is 10.2 Å². The van der Waals surface area contributed by atoms with Crippen molar-refractivity contribution in [1.82, 2.24) is 0 Å². The third-order valence-corrected chi connectivity index (χ3v) is 4.90. The van der Waals surface area contributed by atoms with Crippen LogP contribution in [0.15, 0.2) is 24.3 Å². The van der Waals surface area contributed by atoms with Gasteiger partial charge in [0, 0.05) is 10.8 Å². The van der Waals surface area contributed by atoms with Crippen molar-refractivity contribution in [3.05, 3.63) is 29.8 Å². The number of rotatable bonds is 5. The molecule has 0 saturated heterocycles. The summed E-state index contributed by atoms with van der Waals surface area (Å²) in [4.78, 5) is 10.3. The van der Waals surface area contributed by atoms with Gasteiger partial charge >= 0.3 is 5.97 Å². The third kappa shape index (κ3) is 4.47. The number of phenols is 1. The van der Waals surface area contributed by atoms with Crippen molar-refractivity contribution >= 4 is 5.97 Å². The molecule has 1 aromatic carbocycles. The fourth-order valence-electron chi connectivity index (χ4n) is 3.13. The van der Waals surface area contributed by atoms with E-state index in [-0.39, 0.29) is 37.7 Å². The molecule has 0 bridgehead atoms. The first-order chi connectivity index (χ1) is 11.8. The van der Waals surface area contributed by atoms with Gasteiger partial charge in [-0.3, -0.25) is 0 Å². The summed E-state index contributed by atoms with van der Waals surface area (Å²) < 4.78 is 0. The van der Waals surface area contributed by atoms with Gasteiger partial charge in [0.15, 0.2) is 0 Å². The fourth-order valence-corrected chi connectivity index (χ4v) is 3.13. The van der Waals surface area contributed by atoms with Crippen LogP contribution in [-0.4, -0.2) is 74.2 Å². The SMILES string of the molecule is O=C(O)c1ccccc1O.OCC1(CO)CCCC(CO)(CO)C1O. The summed E-state index contributed by atoms with van der Waals surface area (Å²) in [6.07, 6.45) is 0.592. The van der Waals surface area contributed by atoms with Crippen molar-refractivity contribution in [3.63, 3.8) is 0 Å². The minimum Gasteiger partial charge on any atom is -0.507 e. The van der Waals surface area contributed by atoms with Crippen LogP contribution in [0, 0.1) is 10.8 Å². The van der Waals surface area contributed by atoms with Crippen LogP contribution in [0.3, 0.4) is 0 Å². The molecule has 0 aliphatic heterocycles. The summed E-state index contributed by atoms with van der Waals surface area (Å²) in [5.74, 6) is -1.31. The zero-order valence-corrected chi connectivity index (χ0v) is 13.9. The van der Waals surface area contributed by atoms with E-state index in [2.05, 4.69) is 0 Å². The Morgan fingerprint density at radius 3 is 1.72 bits per heavy atom. The number of aromatic carboxylic acids is 1. The van der Waals surface area contributed by atoms with Crippen LogP contribution in [0.2, 0.25) is 0 Å². The van der Waals surface area contributed by atoms with E-state index in [1.807, 2.05) is 0 Å². The van der Waals surface area contributed by atoms with E-state index in [0.717, 1.165) is 0 Å². The zero-order valence-electron chi connectivity index (χ0n) is 13.9. The summed E-state index contributed by atoms with van der Waals surface area (Å²) in [5.41, 5.74) is -2.06. The van der Waals surface area contributed by atoms with Crippen molar-refractivity contribution in [2.45, 2.75) is 25.4 Å². The number of carboxylic acid groups (broad SMARTS) is 1. The van der Waals surface area contributed by atoms with Gasteiger partial charge in [0.05, 0.1) is 32.5 Å². The smallest absolute Gasteiger partial charge is 0.339 e. The number of carboxylic acids is 1. The molecule has 1 aliphatic carbocycles. The van der Waals surface area contributed by atoms with Gasteiger partial charge in [-0.15, -0.1) is 0 Å². The number of para-hydroxylation sites is 1. The number of hydrogen-bond donors (Lipinski definition) is 7. The van der Waals surface area contributed by atoms with E-state index in [0.29, 0.717) is 19.3 Å². The maximum atomic E-state index is 10.3. The number of aromatic hydroxyl groups is 1. The maximum Gasteiger partial charge on any atom is 0.339 e. The maximum absolute atomic E-state index is 10.3. The highest BCUT2D eigenvalue weighted by Gasteiger charge is 2.52. The Bertz CT molecular complexity index is 531. The van der Waals surface area contributed by atoms with Gasteiger partial charge in [0.1, 0.15) is 11.3 Å². The summed E-state index contributed by atoms with van der Waals surface area (Å²) >= 11 is 0.